The first-order chi connectivity index (χ1) is 11.6. The van der Waals surface area contributed by atoms with Crippen molar-refractivity contribution in [1.29, 1.82) is 0 Å². The van der Waals surface area contributed by atoms with Crippen molar-refractivity contribution in [2.24, 2.45) is 0 Å². The van der Waals surface area contributed by atoms with Gasteiger partial charge in [0.1, 0.15) is 17.3 Å². The topological polar surface area (TPSA) is 85.3 Å². The summed E-state index contributed by atoms with van der Waals surface area (Å²) in [6.07, 6.45) is 1.54. The van der Waals surface area contributed by atoms with E-state index >= 15 is 0 Å². The van der Waals surface area contributed by atoms with E-state index in [0.29, 0.717) is 23.1 Å². The molecular formula is C16H16N2O4S2. The molecule has 3 heterocycles. The van der Waals surface area contributed by atoms with Gasteiger partial charge in [-0.05, 0) is 30.5 Å². The molecule has 0 aliphatic heterocycles. The highest BCUT2D eigenvalue weighted by molar-refractivity contribution is 7.84. The third-order valence-corrected chi connectivity index (χ3v) is 5.29. The lowest BCUT2D eigenvalue weighted by atomic mass is 10.4. The molecule has 0 radical (unpaired) electrons. The van der Waals surface area contributed by atoms with Crippen molar-refractivity contribution in [2.75, 3.05) is 5.75 Å². The number of aromatic nitrogens is 1. The van der Waals surface area contributed by atoms with Gasteiger partial charge in [-0.2, -0.15) is 0 Å². The molecule has 0 aromatic carbocycles. The SMILES string of the molecule is Cc1oc(-c2cccs2)nc1CS(=O)CC(=O)NCc1ccco1. The van der Waals surface area contributed by atoms with E-state index in [1.165, 1.54) is 17.6 Å². The van der Waals surface area contributed by atoms with E-state index in [4.69, 9.17) is 8.83 Å². The Balaban J connectivity index is 1.54. The molecule has 8 heteroatoms. The molecule has 1 amide bonds. The summed E-state index contributed by atoms with van der Waals surface area (Å²) in [7, 11) is -1.35. The fraction of sp³-hybridized carbons (Fsp3) is 0.250. The second kappa shape index (κ2) is 7.59. The van der Waals surface area contributed by atoms with Gasteiger partial charge in [-0.15, -0.1) is 11.3 Å². The Hall–Kier alpha value is -2.19. The highest BCUT2D eigenvalue weighted by atomic mass is 32.2. The fourth-order valence-electron chi connectivity index (χ4n) is 2.07. The van der Waals surface area contributed by atoms with Gasteiger partial charge in [0, 0.05) is 10.8 Å². The first kappa shape index (κ1) is 16.7. The quantitative estimate of drug-likeness (QED) is 0.697. The number of aryl methyl sites for hydroxylation is 1. The molecule has 0 fully saturated rings. The first-order valence-electron chi connectivity index (χ1n) is 7.26. The molecule has 1 N–H and O–H groups in total. The number of furan rings is 1. The van der Waals surface area contributed by atoms with Gasteiger partial charge >= 0.3 is 0 Å². The summed E-state index contributed by atoms with van der Waals surface area (Å²) in [4.78, 5) is 17.1. The van der Waals surface area contributed by atoms with Gasteiger partial charge in [0.15, 0.2) is 0 Å². The van der Waals surface area contributed by atoms with Crippen LogP contribution in [0.5, 0.6) is 0 Å². The van der Waals surface area contributed by atoms with Crippen LogP contribution in [0.3, 0.4) is 0 Å². The van der Waals surface area contributed by atoms with Crippen molar-refractivity contribution in [1.82, 2.24) is 10.3 Å². The van der Waals surface area contributed by atoms with Gasteiger partial charge in [-0.25, -0.2) is 4.98 Å². The van der Waals surface area contributed by atoms with E-state index < -0.39 is 10.8 Å². The zero-order valence-electron chi connectivity index (χ0n) is 13.0. The second-order valence-electron chi connectivity index (χ2n) is 5.08. The Morgan fingerprint density at radius 1 is 1.38 bits per heavy atom. The molecule has 0 bridgehead atoms. The number of nitrogens with zero attached hydrogens (tertiary/aromatic N) is 1. The van der Waals surface area contributed by atoms with Crippen molar-refractivity contribution in [3.63, 3.8) is 0 Å². The van der Waals surface area contributed by atoms with Crippen LogP contribution in [0.4, 0.5) is 0 Å². The lowest BCUT2D eigenvalue weighted by Gasteiger charge is -2.03. The van der Waals surface area contributed by atoms with Gasteiger partial charge < -0.3 is 14.2 Å². The summed E-state index contributed by atoms with van der Waals surface area (Å²) in [6, 6.07) is 7.35. The number of thiophene rings is 1. The molecule has 1 unspecified atom stereocenters. The zero-order chi connectivity index (χ0) is 16.9. The molecular weight excluding hydrogens is 348 g/mol. The number of rotatable bonds is 7. The van der Waals surface area contributed by atoms with Crippen LogP contribution in [0.25, 0.3) is 10.8 Å². The van der Waals surface area contributed by atoms with Gasteiger partial charge in [0.25, 0.3) is 0 Å². The van der Waals surface area contributed by atoms with E-state index in [1.54, 1.807) is 19.1 Å². The molecule has 24 heavy (non-hydrogen) atoms. The predicted molar refractivity (Wildman–Crippen MR) is 91.8 cm³/mol. The lowest BCUT2D eigenvalue weighted by molar-refractivity contribution is -0.118. The van der Waals surface area contributed by atoms with E-state index in [-0.39, 0.29) is 24.0 Å². The summed E-state index contributed by atoms with van der Waals surface area (Å²) >= 11 is 1.53. The third kappa shape index (κ3) is 4.21. The maximum absolute atomic E-state index is 12.2. The molecule has 0 aliphatic rings. The monoisotopic (exact) mass is 364 g/mol. The van der Waals surface area contributed by atoms with Gasteiger partial charge in [0.05, 0.1) is 29.1 Å². The minimum Gasteiger partial charge on any atom is -0.467 e. The molecule has 126 valence electrons. The van der Waals surface area contributed by atoms with Crippen molar-refractivity contribution in [3.05, 3.63) is 53.1 Å². The van der Waals surface area contributed by atoms with Crippen LogP contribution in [-0.2, 0) is 27.9 Å². The van der Waals surface area contributed by atoms with E-state index in [1.807, 2.05) is 17.5 Å². The Kier molecular flexibility index (Phi) is 5.27. The standard InChI is InChI=1S/C16H16N2O4S2/c1-11-13(18-16(22-11)14-5-3-7-23-14)9-24(20)10-15(19)17-8-12-4-2-6-21-12/h2-7H,8-10H2,1H3,(H,17,19). The number of carbonyl (C=O) groups is 1. The number of hydrogen-bond donors (Lipinski definition) is 1. The first-order valence-corrected chi connectivity index (χ1v) is 9.63. The summed E-state index contributed by atoms with van der Waals surface area (Å²) in [6.45, 7) is 2.07. The number of oxazole rings is 1. The van der Waals surface area contributed by atoms with Crippen LogP contribution in [0.1, 0.15) is 17.2 Å². The van der Waals surface area contributed by atoms with E-state index in [2.05, 4.69) is 10.3 Å². The Morgan fingerprint density at radius 3 is 2.96 bits per heavy atom. The normalized spacial score (nSPS) is 12.2. The lowest BCUT2D eigenvalue weighted by Crippen LogP contribution is -2.28. The van der Waals surface area contributed by atoms with E-state index in [9.17, 15) is 9.00 Å². The molecule has 3 aromatic rings. The highest BCUT2D eigenvalue weighted by Crippen LogP contribution is 2.26. The second-order valence-corrected chi connectivity index (χ2v) is 7.49. The molecule has 3 rings (SSSR count). The van der Waals surface area contributed by atoms with Crippen molar-refractivity contribution in [3.8, 4) is 10.8 Å². The minimum absolute atomic E-state index is 0.0820. The van der Waals surface area contributed by atoms with Gasteiger partial charge in [-0.3, -0.25) is 9.00 Å². The van der Waals surface area contributed by atoms with Crippen LogP contribution in [-0.4, -0.2) is 20.9 Å². The van der Waals surface area contributed by atoms with Gasteiger partial charge in [-0.1, -0.05) is 6.07 Å². The zero-order valence-corrected chi connectivity index (χ0v) is 14.6. The molecule has 0 saturated heterocycles. The molecule has 3 aromatic heterocycles. The summed E-state index contributed by atoms with van der Waals surface area (Å²) in [5.74, 6) is 1.63. The van der Waals surface area contributed by atoms with Crippen molar-refractivity contribution in [2.45, 2.75) is 19.2 Å². The number of carbonyl (C=O) groups excluding carboxylic acids is 1. The van der Waals surface area contributed by atoms with Crippen LogP contribution in [0, 0.1) is 6.92 Å². The van der Waals surface area contributed by atoms with Crippen LogP contribution in [0.15, 0.2) is 44.7 Å². The van der Waals surface area contributed by atoms with Gasteiger partial charge in [0.2, 0.25) is 11.8 Å². The smallest absolute Gasteiger partial charge is 0.236 e. The highest BCUT2D eigenvalue weighted by Gasteiger charge is 2.16. The Bertz CT molecular complexity index is 823. The van der Waals surface area contributed by atoms with Crippen LogP contribution >= 0.6 is 11.3 Å². The number of amides is 1. The largest absolute Gasteiger partial charge is 0.467 e. The molecule has 0 aliphatic carbocycles. The molecule has 0 saturated carbocycles. The molecule has 1 atom stereocenters. The molecule has 0 spiro atoms. The maximum atomic E-state index is 12.2. The minimum atomic E-state index is -1.35. The van der Waals surface area contributed by atoms with Crippen molar-refractivity contribution < 1.29 is 17.8 Å². The Labute approximate surface area is 145 Å². The predicted octanol–water partition coefficient (Wildman–Crippen LogP) is 2.87. The summed E-state index contributed by atoms with van der Waals surface area (Å²) in [5.41, 5.74) is 0.621. The Morgan fingerprint density at radius 2 is 2.25 bits per heavy atom. The summed E-state index contributed by atoms with van der Waals surface area (Å²) in [5, 5.41) is 4.62. The fourth-order valence-corrected chi connectivity index (χ4v) is 3.79. The average Bonchev–Trinajstić information content (AvgIpc) is 3.27. The average molecular weight is 364 g/mol. The molecule has 6 nitrogen and oxygen atoms in total. The maximum Gasteiger partial charge on any atom is 0.236 e. The van der Waals surface area contributed by atoms with E-state index in [0.717, 1.165) is 4.88 Å². The third-order valence-electron chi connectivity index (χ3n) is 3.25. The summed E-state index contributed by atoms with van der Waals surface area (Å²) < 4.78 is 22.9. The van der Waals surface area contributed by atoms with Crippen LogP contribution in [0.2, 0.25) is 0 Å². The number of hydrogen-bond acceptors (Lipinski definition) is 6. The van der Waals surface area contributed by atoms with Crippen molar-refractivity contribution >= 4 is 28.0 Å². The van der Waals surface area contributed by atoms with Crippen LogP contribution < -0.4 is 5.32 Å². The number of nitrogens with one attached hydrogen (secondary N) is 1.